The van der Waals surface area contributed by atoms with Crippen LogP contribution in [0.1, 0.15) is 67.7 Å². The van der Waals surface area contributed by atoms with E-state index in [1.807, 2.05) is 4.72 Å². The minimum absolute atomic E-state index is 0.0416. The number of carbonyl (C=O) groups excluding carboxylic acids is 3. The summed E-state index contributed by atoms with van der Waals surface area (Å²) in [5, 5.41) is 0. The largest absolute Gasteiger partial charge is 0.362 e. The molecule has 4 aliphatic rings. The number of nitrogens with zero attached hydrogens (tertiary/aromatic N) is 1. The van der Waals surface area contributed by atoms with E-state index in [0.29, 0.717) is 17.5 Å². The molecule has 214 valence electrons. The summed E-state index contributed by atoms with van der Waals surface area (Å²) in [5.74, 6) is -5.42. The zero-order valence-corrected chi connectivity index (χ0v) is 23.0. The fourth-order valence-electron chi connectivity index (χ4n) is 5.47. The number of amides is 3. The first-order chi connectivity index (χ1) is 18.2. The average Bonchev–Trinajstić information content (AvgIpc) is 3.41. The molecule has 0 aliphatic carbocycles. The fraction of sp³-hybridized carbons (Fsp3) is 0.640. The van der Waals surface area contributed by atoms with E-state index in [0.717, 1.165) is 4.90 Å². The van der Waals surface area contributed by atoms with Crippen LogP contribution in [0.4, 0.5) is 0 Å². The minimum Gasteiger partial charge on any atom is -0.347 e. The Bertz CT molecular complexity index is 1260. The van der Waals surface area contributed by atoms with Crippen molar-refractivity contribution in [3.63, 3.8) is 0 Å². The SMILES string of the molecule is CC1(C)OC[C@]2(CCO[C@@]3(COS(=O)(=O)NC(=O)CCCN4C(=O)c5ccccc5C4=O)OC(C)(C)O[C@@H]23)O1. The zero-order valence-electron chi connectivity index (χ0n) is 22.2. The number of nitrogens with one attached hydrogen (secondary N) is 1. The second-order valence-corrected chi connectivity index (χ2v) is 12.3. The molecule has 0 radical (unpaired) electrons. The van der Waals surface area contributed by atoms with E-state index in [1.54, 1.807) is 52.0 Å². The van der Waals surface area contributed by atoms with Crippen LogP contribution in [0.15, 0.2) is 24.3 Å². The normalized spacial score (nSPS) is 31.0. The number of fused-ring (bicyclic) bond motifs is 3. The van der Waals surface area contributed by atoms with Crippen LogP contribution in [0.5, 0.6) is 0 Å². The van der Waals surface area contributed by atoms with Crippen LogP contribution in [-0.2, 0) is 43.0 Å². The Morgan fingerprint density at radius 2 is 1.72 bits per heavy atom. The smallest absolute Gasteiger partial charge is 0.347 e. The molecule has 1 aromatic carbocycles. The predicted molar refractivity (Wildman–Crippen MR) is 131 cm³/mol. The molecule has 3 amide bonds. The van der Waals surface area contributed by atoms with Crippen molar-refractivity contribution in [2.75, 3.05) is 26.4 Å². The van der Waals surface area contributed by atoms with Gasteiger partial charge in [-0.25, -0.2) is 8.91 Å². The van der Waals surface area contributed by atoms with Gasteiger partial charge in [-0.15, -0.1) is 0 Å². The zero-order chi connectivity index (χ0) is 28.3. The summed E-state index contributed by atoms with van der Waals surface area (Å²) in [4.78, 5) is 38.3. The lowest BCUT2D eigenvalue weighted by molar-refractivity contribution is -0.305. The fourth-order valence-corrected chi connectivity index (χ4v) is 6.23. The molecule has 4 heterocycles. The lowest BCUT2D eigenvalue weighted by Crippen LogP contribution is -2.64. The maximum Gasteiger partial charge on any atom is 0.362 e. The predicted octanol–water partition coefficient (Wildman–Crippen LogP) is 1.23. The Kier molecular flexibility index (Phi) is 6.90. The van der Waals surface area contributed by atoms with Crippen molar-refractivity contribution in [1.29, 1.82) is 0 Å². The van der Waals surface area contributed by atoms with Gasteiger partial charge in [0.1, 0.15) is 18.3 Å². The van der Waals surface area contributed by atoms with Crippen LogP contribution in [-0.4, -0.2) is 86.5 Å². The van der Waals surface area contributed by atoms with Crippen LogP contribution in [0.2, 0.25) is 0 Å². The molecule has 0 unspecified atom stereocenters. The second kappa shape index (κ2) is 9.58. The Morgan fingerprint density at radius 3 is 2.33 bits per heavy atom. The summed E-state index contributed by atoms with van der Waals surface area (Å²) in [6, 6.07) is 6.43. The minimum atomic E-state index is -4.57. The molecular formula is C25H32N2O11S. The van der Waals surface area contributed by atoms with E-state index in [4.69, 9.17) is 27.9 Å². The number of hydrogen-bond donors (Lipinski definition) is 1. The molecule has 4 aliphatic heterocycles. The van der Waals surface area contributed by atoms with Crippen LogP contribution in [0, 0.1) is 0 Å². The van der Waals surface area contributed by atoms with E-state index in [9.17, 15) is 22.8 Å². The number of hydrogen-bond acceptors (Lipinski definition) is 11. The van der Waals surface area contributed by atoms with E-state index >= 15 is 0 Å². The summed E-state index contributed by atoms with van der Waals surface area (Å²) in [7, 11) is -4.57. The highest BCUT2D eigenvalue weighted by Crippen LogP contribution is 2.51. The van der Waals surface area contributed by atoms with Crippen molar-refractivity contribution < 1.29 is 50.7 Å². The summed E-state index contributed by atoms with van der Waals surface area (Å²) in [6.45, 7) is 6.57. The van der Waals surface area contributed by atoms with Crippen molar-refractivity contribution >= 4 is 28.0 Å². The third-order valence-electron chi connectivity index (χ3n) is 7.00. The van der Waals surface area contributed by atoms with Crippen LogP contribution >= 0.6 is 0 Å². The molecule has 0 saturated carbocycles. The quantitative estimate of drug-likeness (QED) is 0.450. The maximum absolute atomic E-state index is 12.6. The van der Waals surface area contributed by atoms with E-state index in [1.165, 1.54) is 0 Å². The van der Waals surface area contributed by atoms with Gasteiger partial charge >= 0.3 is 10.3 Å². The number of rotatable bonds is 8. The van der Waals surface area contributed by atoms with Gasteiger partial charge in [-0.1, -0.05) is 12.1 Å². The average molecular weight is 569 g/mol. The van der Waals surface area contributed by atoms with Crippen LogP contribution < -0.4 is 4.72 Å². The molecular weight excluding hydrogens is 536 g/mol. The molecule has 0 bridgehead atoms. The summed E-state index contributed by atoms with van der Waals surface area (Å²) >= 11 is 0. The first-order valence-corrected chi connectivity index (χ1v) is 14.1. The molecule has 3 fully saturated rings. The molecule has 0 aromatic heterocycles. The van der Waals surface area contributed by atoms with Crippen LogP contribution in [0.3, 0.4) is 0 Å². The van der Waals surface area contributed by atoms with E-state index < -0.39 is 63.7 Å². The number of carbonyl (C=O) groups is 3. The van der Waals surface area contributed by atoms with Gasteiger partial charge in [-0.3, -0.25) is 19.3 Å². The van der Waals surface area contributed by atoms with E-state index in [-0.39, 0.29) is 32.6 Å². The second-order valence-electron chi connectivity index (χ2n) is 10.9. The lowest BCUT2D eigenvalue weighted by atomic mass is 9.86. The number of imide groups is 1. The highest BCUT2D eigenvalue weighted by atomic mass is 32.2. The van der Waals surface area contributed by atoms with Crippen molar-refractivity contribution in [3.05, 3.63) is 35.4 Å². The van der Waals surface area contributed by atoms with Gasteiger partial charge in [-0.05, 0) is 46.2 Å². The number of benzene rings is 1. The molecule has 5 rings (SSSR count). The van der Waals surface area contributed by atoms with Crippen molar-refractivity contribution in [1.82, 2.24) is 9.62 Å². The molecule has 39 heavy (non-hydrogen) atoms. The highest BCUT2D eigenvalue weighted by molar-refractivity contribution is 7.85. The molecule has 3 saturated heterocycles. The molecule has 1 N–H and O–H groups in total. The van der Waals surface area contributed by atoms with Crippen LogP contribution in [0.25, 0.3) is 0 Å². The van der Waals surface area contributed by atoms with Gasteiger partial charge in [0.15, 0.2) is 11.6 Å². The van der Waals surface area contributed by atoms with Gasteiger partial charge in [0.2, 0.25) is 11.7 Å². The van der Waals surface area contributed by atoms with Gasteiger partial charge in [0.05, 0.1) is 24.3 Å². The highest BCUT2D eigenvalue weighted by Gasteiger charge is 2.68. The van der Waals surface area contributed by atoms with Gasteiger partial charge in [0.25, 0.3) is 11.8 Å². The summed E-state index contributed by atoms with van der Waals surface area (Å²) in [6.07, 6.45) is -0.654. The molecule has 1 aromatic rings. The third kappa shape index (κ3) is 5.34. The Hall–Kier alpha value is -2.46. The van der Waals surface area contributed by atoms with Crippen molar-refractivity contribution in [3.8, 4) is 0 Å². The van der Waals surface area contributed by atoms with Crippen molar-refractivity contribution in [2.24, 2.45) is 0 Å². The first kappa shape index (κ1) is 28.1. The van der Waals surface area contributed by atoms with Gasteiger partial charge < -0.3 is 23.7 Å². The lowest BCUT2D eigenvalue weighted by Gasteiger charge is -2.45. The molecule has 14 heteroatoms. The molecule has 3 atom stereocenters. The monoisotopic (exact) mass is 568 g/mol. The summed E-state index contributed by atoms with van der Waals surface area (Å²) in [5.41, 5.74) is -0.353. The topological polar surface area (TPSA) is 156 Å². The Labute approximate surface area is 226 Å². The molecule has 13 nitrogen and oxygen atoms in total. The maximum atomic E-state index is 12.6. The van der Waals surface area contributed by atoms with Gasteiger partial charge in [-0.2, -0.15) is 8.42 Å². The number of ether oxygens (including phenoxy) is 5. The van der Waals surface area contributed by atoms with E-state index in [2.05, 4.69) is 0 Å². The first-order valence-electron chi connectivity index (χ1n) is 12.7. The summed E-state index contributed by atoms with van der Waals surface area (Å²) < 4.78 is 62.3. The van der Waals surface area contributed by atoms with Crippen molar-refractivity contribution in [2.45, 2.75) is 76.0 Å². The Morgan fingerprint density at radius 1 is 1.05 bits per heavy atom. The molecule has 1 spiro atoms. The third-order valence-corrected chi connectivity index (χ3v) is 7.91. The van der Waals surface area contributed by atoms with Gasteiger partial charge in [0, 0.05) is 19.4 Å². The Balaban J connectivity index is 1.17. The standard InChI is InChI=1S/C25H32N2O11S/c1-22(2)34-14-24(37-22)11-13-33-25(21(24)36-23(3,4)38-25)15-35-39(31,32)26-18(28)10-7-12-27-19(29)16-8-5-6-9-17(16)20(27)30/h5-6,8-9,21H,7,10-15H2,1-4H3,(H,26,28)/t21-,24-,25-/m0/s1.